The number of nitrogens with zero attached hydrogens (tertiary/aromatic N) is 2. The van der Waals surface area contributed by atoms with Gasteiger partial charge in [-0.15, -0.1) is 0 Å². The smallest absolute Gasteiger partial charge is 0.254 e. The zero-order chi connectivity index (χ0) is 26.9. The number of likely N-dealkylation sites (tertiary alicyclic amines) is 1. The van der Waals surface area contributed by atoms with Crippen molar-refractivity contribution in [3.8, 4) is 5.75 Å². The van der Waals surface area contributed by atoms with Crippen molar-refractivity contribution in [1.29, 1.82) is 0 Å². The normalized spacial score (nSPS) is 14.2. The van der Waals surface area contributed by atoms with Crippen LogP contribution in [0.1, 0.15) is 52.4 Å². The van der Waals surface area contributed by atoms with Crippen LogP contribution in [0.5, 0.6) is 5.75 Å². The van der Waals surface area contributed by atoms with Gasteiger partial charge in [0, 0.05) is 37.8 Å². The summed E-state index contributed by atoms with van der Waals surface area (Å²) in [6.45, 7) is 6.22. The van der Waals surface area contributed by atoms with E-state index >= 15 is 0 Å². The van der Waals surface area contributed by atoms with E-state index in [9.17, 15) is 4.79 Å². The van der Waals surface area contributed by atoms with Crippen molar-refractivity contribution in [2.24, 2.45) is 0 Å². The highest BCUT2D eigenvalue weighted by atomic mass is 16.5. The van der Waals surface area contributed by atoms with Gasteiger partial charge in [-0.25, -0.2) is 0 Å². The molecule has 5 rings (SSSR count). The van der Waals surface area contributed by atoms with Gasteiger partial charge in [-0.05, 0) is 65.8 Å². The first kappa shape index (κ1) is 26.7. The van der Waals surface area contributed by atoms with Crippen LogP contribution in [0.3, 0.4) is 0 Å². The molecule has 1 heterocycles. The number of hydrogen-bond acceptors (Lipinski definition) is 3. The molecule has 0 radical (unpaired) electrons. The van der Waals surface area contributed by atoms with Crippen LogP contribution >= 0.6 is 0 Å². The maximum Gasteiger partial charge on any atom is 0.254 e. The molecule has 1 saturated heterocycles. The minimum Gasteiger partial charge on any atom is -0.489 e. The predicted molar refractivity (Wildman–Crippen MR) is 158 cm³/mol. The first-order valence-electron chi connectivity index (χ1n) is 14.1. The van der Waals surface area contributed by atoms with Gasteiger partial charge < -0.3 is 9.64 Å². The van der Waals surface area contributed by atoms with E-state index < -0.39 is 0 Å². The fourth-order valence-corrected chi connectivity index (χ4v) is 5.27. The molecule has 0 spiro atoms. The van der Waals surface area contributed by atoms with Crippen molar-refractivity contribution in [2.75, 3.05) is 13.1 Å². The SMILES string of the molecule is CCc1ccc(C(=O)N(Cc2ccc(OCc3ccccc3)cc2)C2CCN(Cc3ccccc3)CC2)cc1. The van der Waals surface area contributed by atoms with Gasteiger partial charge in [-0.1, -0.05) is 91.9 Å². The minimum absolute atomic E-state index is 0.114. The molecule has 4 aromatic carbocycles. The van der Waals surface area contributed by atoms with E-state index in [0.717, 1.165) is 61.3 Å². The molecule has 200 valence electrons. The van der Waals surface area contributed by atoms with Gasteiger partial charge in [0.2, 0.25) is 0 Å². The predicted octanol–water partition coefficient (Wildman–Crippen LogP) is 7.14. The van der Waals surface area contributed by atoms with E-state index in [1.807, 2.05) is 42.5 Å². The van der Waals surface area contributed by atoms with Crippen LogP contribution in [-0.4, -0.2) is 34.8 Å². The number of benzene rings is 4. The third-order valence-corrected chi connectivity index (χ3v) is 7.64. The zero-order valence-corrected chi connectivity index (χ0v) is 22.8. The average molecular weight is 519 g/mol. The molecule has 0 aliphatic carbocycles. The standard InChI is InChI=1S/C35H38N2O2/c1-2-28-13-17-32(18-14-28)35(38)37(33-21-23-36(24-22-33)25-29-9-5-3-6-10-29)26-30-15-19-34(20-16-30)39-27-31-11-7-4-8-12-31/h3-20,33H,2,21-27H2,1H3. The van der Waals surface area contributed by atoms with Gasteiger partial charge >= 0.3 is 0 Å². The topological polar surface area (TPSA) is 32.8 Å². The quantitative estimate of drug-likeness (QED) is 0.224. The third kappa shape index (κ3) is 7.36. The fraction of sp³-hybridized carbons (Fsp3) is 0.286. The summed E-state index contributed by atoms with van der Waals surface area (Å²) in [5, 5.41) is 0. The molecule has 4 aromatic rings. The van der Waals surface area contributed by atoms with Crippen molar-refractivity contribution in [1.82, 2.24) is 9.80 Å². The summed E-state index contributed by atoms with van der Waals surface area (Å²) in [5.41, 5.74) is 5.62. The van der Waals surface area contributed by atoms with Crippen LogP contribution < -0.4 is 4.74 Å². The number of rotatable bonds is 10. The Kier molecular flexibility index (Phi) is 9.08. The van der Waals surface area contributed by atoms with Crippen LogP contribution in [0.25, 0.3) is 0 Å². The Morgan fingerprint density at radius 1 is 0.744 bits per heavy atom. The van der Waals surface area contributed by atoms with Gasteiger partial charge in [0.1, 0.15) is 12.4 Å². The molecule has 0 bridgehead atoms. The van der Waals surface area contributed by atoms with Crippen molar-refractivity contribution in [3.63, 3.8) is 0 Å². The lowest BCUT2D eigenvalue weighted by Crippen LogP contribution is -2.46. The second kappa shape index (κ2) is 13.3. The first-order chi connectivity index (χ1) is 19.2. The highest BCUT2D eigenvalue weighted by molar-refractivity contribution is 5.94. The second-order valence-corrected chi connectivity index (χ2v) is 10.4. The number of carbonyl (C=O) groups excluding carboxylic acids is 1. The molecule has 0 atom stereocenters. The zero-order valence-electron chi connectivity index (χ0n) is 22.8. The molecule has 1 aliphatic rings. The van der Waals surface area contributed by atoms with E-state index in [-0.39, 0.29) is 11.9 Å². The summed E-state index contributed by atoms with van der Waals surface area (Å²) < 4.78 is 5.98. The molecule has 0 aromatic heterocycles. The number of carbonyl (C=O) groups is 1. The fourth-order valence-electron chi connectivity index (χ4n) is 5.27. The summed E-state index contributed by atoms with van der Waals surface area (Å²) in [6.07, 6.45) is 2.92. The Bertz CT molecular complexity index is 1300. The van der Waals surface area contributed by atoms with Crippen LogP contribution in [0, 0.1) is 0 Å². The van der Waals surface area contributed by atoms with Crippen molar-refractivity contribution < 1.29 is 9.53 Å². The second-order valence-electron chi connectivity index (χ2n) is 10.4. The molecule has 4 heteroatoms. The molecule has 1 amide bonds. The van der Waals surface area contributed by atoms with Gasteiger partial charge in [-0.2, -0.15) is 0 Å². The minimum atomic E-state index is 0.114. The molecular formula is C35H38N2O2. The summed E-state index contributed by atoms with van der Waals surface area (Å²) in [4.78, 5) is 18.4. The number of amides is 1. The lowest BCUT2D eigenvalue weighted by atomic mass is 9.99. The Hall–Kier alpha value is -3.89. The lowest BCUT2D eigenvalue weighted by Gasteiger charge is -2.39. The van der Waals surface area contributed by atoms with E-state index in [2.05, 4.69) is 83.5 Å². The maximum absolute atomic E-state index is 13.8. The summed E-state index contributed by atoms with van der Waals surface area (Å²) in [5.74, 6) is 0.952. The largest absolute Gasteiger partial charge is 0.489 e. The Morgan fingerprint density at radius 2 is 1.33 bits per heavy atom. The van der Waals surface area contributed by atoms with Crippen LogP contribution in [0.2, 0.25) is 0 Å². The van der Waals surface area contributed by atoms with Crippen LogP contribution in [-0.2, 0) is 26.1 Å². The number of piperidine rings is 1. The average Bonchev–Trinajstić information content (AvgIpc) is 3.01. The highest BCUT2D eigenvalue weighted by Gasteiger charge is 2.29. The van der Waals surface area contributed by atoms with E-state index in [0.29, 0.717) is 13.2 Å². The van der Waals surface area contributed by atoms with Gasteiger partial charge in [0.15, 0.2) is 0 Å². The molecule has 1 aliphatic heterocycles. The van der Waals surface area contributed by atoms with Crippen LogP contribution in [0.4, 0.5) is 0 Å². The van der Waals surface area contributed by atoms with E-state index in [1.54, 1.807) is 0 Å². The van der Waals surface area contributed by atoms with Gasteiger partial charge in [0.05, 0.1) is 0 Å². The van der Waals surface area contributed by atoms with Gasteiger partial charge in [-0.3, -0.25) is 9.69 Å². The molecule has 0 saturated carbocycles. The lowest BCUT2D eigenvalue weighted by molar-refractivity contribution is 0.0543. The molecule has 1 fully saturated rings. The molecule has 0 unspecified atom stereocenters. The summed E-state index contributed by atoms with van der Waals surface area (Å²) in [6, 6.07) is 37.4. The van der Waals surface area contributed by atoms with Crippen LogP contribution in [0.15, 0.2) is 109 Å². The van der Waals surface area contributed by atoms with E-state index in [4.69, 9.17) is 4.74 Å². The van der Waals surface area contributed by atoms with Gasteiger partial charge in [0.25, 0.3) is 5.91 Å². The molecule has 0 N–H and O–H groups in total. The number of aryl methyl sites for hydroxylation is 1. The highest BCUT2D eigenvalue weighted by Crippen LogP contribution is 2.24. The molecule has 39 heavy (non-hydrogen) atoms. The first-order valence-corrected chi connectivity index (χ1v) is 14.1. The maximum atomic E-state index is 13.8. The Morgan fingerprint density at radius 3 is 1.95 bits per heavy atom. The number of hydrogen-bond donors (Lipinski definition) is 0. The van der Waals surface area contributed by atoms with Crippen molar-refractivity contribution in [2.45, 2.75) is 51.9 Å². The van der Waals surface area contributed by atoms with Crippen molar-refractivity contribution >= 4 is 5.91 Å². The van der Waals surface area contributed by atoms with E-state index in [1.165, 1.54) is 11.1 Å². The Balaban J connectivity index is 1.26. The molecule has 4 nitrogen and oxygen atoms in total. The van der Waals surface area contributed by atoms with Crippen molar-refractivity contribution in [3.05, 3.63) is 137 Å². The monoisotopic (exact) mass is 518 g/mol. The summed E-state index contributed by atoms with van der Waals surface area (Å²) in [7, 11) is 0. The summed E-state index contributed by atoms with van der Waals surface area (Å²) >= 11 is 0. The Labute approximate surface area is 232 Å². The molecular weight excluding hydrogens is 480 g/mol. The third-order valence-electron chi connectivity index (χ3n) is 7.64. The number of ether oxygens (including phenoxy) is 1.